The van der Waals surface area contributed by atoms with Crippen LogP contribution in [0.2, 0.25) is 0 Å². The number of hydrogen-bond acceptors (Lipinski definition) is 0. The summed E-state index contributed by atoms with van der Waals surface area (Å²) >= 11 is 0. The lowest BCUT2D eigenvalue weighted by molar-refractivity contribution is 1.50. The second kappa shape index (κ2) is 25.5. The molecule has 0 aromatic heterocycles. The molecule has 0 spiro atoms. The van der Waals surface area contributed by atoms with Gasteiger partial charge in [-0.1, -0.05) is 22.4 Å². The van der Waals surface area contributed by atoms with Gasteiger partial charge in [-0.2, -0.15) is 0 Å². The van der Waals surface area contributed by atoms with Gasteiger partial charge in [0.05, 0.1) is 0 Å². The van der Waals surface area contributed by atoms with Gasteiger partial charge in [0.25, 0.3) is 0 Å². The summed E-state index contributed by atoms with van der Waals surface area (Å²) < 4.78 is 0. The molecule has 0 aliphatic rings. The lowest BCUT2D eigenvalue weighted by Crippen LogP contribution is -1.18. The lowest BCUT2D eigenvalue weighted by atomic mass is 11.0. The summed E-state index contributed by atoms with van der Waals surface area (Å²) in [7, 11) is 1.42. The molecule has 0 rings (SSSR count). The molecule has 0 aliphatic carbocycles. The van der Waals surface area contributed by atoms with Crippen LogP contribution in [0, 0.1) is 0 Å². The van der Waals surface area contributed by atoms with E-state index in [1.807, 2.05) is 13.8 Å². The molecule has 0 atom stereocenters. The van der Waals surface area contributed by atoms with E-state index in [9.17, 15) is 0 Å². The van der Waals surface area contributed by atoms with E-state index in [0.29, 0.717) is 0 Å². The van der Waals surface area contributed by atoms with Gasteiger partial charge in [-0.25, -0.2) is 0 Å². The molecule has 0 aromatic carbocycles. The fourth-order valence-electron chi connectivity index (χ4n) is 0. The first-order valence-electron chi connectivity index (χ1n) is 1.89. The minimum atomic E-state index is 1.42. The maximum absolute atomic E-state index is 2.10. The van der Waals surface area contributed by atoms with E-state index < -0.39 is 0 Å². The first kappa shape index (κ1) is 9.06. The Morgan fingerprint density at radius 2 is 1.00 bits per heavy atom. The first-order chi connectivity index (χ1) is 2.41. The van der Waals surface area contributed by atoms with Crippen LogP contribution in [-0.2, 0) is 0 Å². The summed E-state index contributed by atoms with van der Waals surface area (Å²) in [6.07, 6.45) is 0. The van der Waals surface area contributed by atoms with Gasteiger partial charge < -0.3 is 0 Å². The minimum absolute atomic E-state index is 1.42. The van der Waals surface area contributed by atoms with E-state index in [1.54, 1.807) is 0 Å². The van der Waals surface area contributed by atoms with Crippen molar-refractivity contribution in [2.75, 3.05) is 13.3 Å². The molecule has 0 aliphatic heterocycles. The molecule has 0 fully saturated rings. The highest BCUT2D eigenvalue weighted by molar-refractivity contribution is 7.35. The van der Waals surface area contributed by atoms with Crippen LogP contribution in [-0.4, -0.2) is 13.3 Å². The van der Waals surface area contributed by atoms with Gasteiger partial charge in [0.1, 0.15) is 0 Å². The molecular formula is C4H12P. The molecule has 0 heterocycles. The van der Waals surface area contributed by atoms with Crippen molar-refractivity contribution in [2.24, 2.45) is 0 Å². The zero-order valence-corrected chi connectivity index (χ0v) is 5.34. The van der Waals surface area contributed by atoms with Crippen molar-refractivity contribution in [3.8, 4) is 0 Å². The van der Waals surface area contributed by atoms with E-state index in [-0.39, 0.29) is 0 Å². The second-order valence-corrected chi connectivity index (χ2v) is 1.34. The summed E-state index contributed by atoms with van der Waals surface area (Å²) in [4.78, 5) is 0. The third kappa shape index (κ3) is 141. The molecule has 33 valence electrons. The Morgan fingerprint density at radius 3 is 1.00 bits per heavy atom. The Hall–Kier alpha value is 0.430. The van der Waals surface area contributed by atoms with Gasteiger partial charge in [-0.05, 0) is 13.3 Å². The third-order valence-electron chi connectivity index (χ3n) is 0. The van der Waals surface area contributed by atoms with Crippen LogP contribution < -0.4 is 0 Å². The molecule has 0 saturated carbocycles. The van der Waals surface area contributed by atoms with Crippen molar-refractivity contribution in [1.29, 1.82) is 0 Å². The predicted octanol–water partition coefficient (Wildman–Crippen LogP) is 2.22. The standard InChI is InChI=1S/C2H6P.C2H6/c1-3-2;1-2/h1-2H3;1-2H3. The monoisotopic (exact) mass is 91.1 g/mol. The normalized spacial score (nSPS) is 4.80. The first-order valence-corrected chi connectivity index (χ1v) is 3.68. The molecule has 0 amide bonds. The zero-order chi connectivity index (χ0) is 4.71. The highest BCUT2D eigenvalue weighted by Gasteiger charge is 1.35. The third-order valence-corrected chi connectivity index (χ3v) is 0. The molecule has 1 radical (unpaired) electrons. The van der Waals surface area contributed by atoms with Crippen molar-refractivity contribution in [3.05, 3.63) is 0 Å². The average molecular weight is 91.1 g/mol. The van der Waals surface area contributed by atoms with Crippen molar-refractivity contribution in [3.63, 3.8) is 0 Å². The molecular weight excluding hydrogens is 79.0 g/mol. The molecule has 0 N–H and O–H groups in total. The van der Waals surface area contributed by atoms with Gasteiger partial charge in [-0.3, -0.25) is 0 Å². The van der Waals surface area contributed by atoms with E-state index >= 15 is 0 Å². The topological polar surface area (TPSA) is 0 Å². The summed E-state index contributed by atoms with van der Waals surface area (Å²) in [5, 5.41) is 0. The van der Waals surface area contributed by atoms with E-state index in [2.05, 4.69) is 13.3 Å². The Kier molecular flexibility index (Phi) is 46.2. The van der Waals surface area contributed by atoms with Gasteiger partial charge in [0.2, 0.25) is 0 Å². The summed E-state index contributed by atoms with van der Waals surface area (Å²) in [5.74, 6) is 0. The van der Waals surface area contributed by atoms with Gasteiger partial charge in [0, 0.05) is 0 Å². The zero-order valence-electron chi connectivity index (χ0n) is 4.45. The summed E-state index contributed by atoms with van der Waals surface area (Å²) in [6, 6.07) is 0. The quantitative estimate of drug-likeness (QED) is 0.401. The van der Waals surface area contributed by atoms with E-state index in [4.69, 9.17) is 0 Å². The Morgan fingerprint density at radius 1 is 1.00 bits per heavy atom. The van der Waals surface area contributed by atoms with Crippen LogP contribution >= 0.6 is 8.58 Å². The van der Waals surface area contributed by atoms with Crippen LogP contribution in [0.4, 0.5) is 0 Å². The minimum Gasteiger partial charge on any atom is -0.0879 e. The highest BCUT2D eigenvalue weighted by Crippen LogP contribution is 1.84. The van der Waals surface area contributed by atoms with Crippen LogP contribution in [0.3, 0.4) is 0 Å². The summed E-state index contributed by atoms with van der Waals surface area (Å²) in [5.41, 5.74) is 0. The average Bonchev–Trinajstić information content (AvgIpc) is 1.46. The Labute approximate surface area is 36.8 Å². The van der Waals surface area contributed by atoms with Gasteiger partial charge >= 0.3 is 0 Å². The molecule has 0 aromatic rings. The van der Waals surface area contributed by atoms with E-state index in [0.717, 1.165) is 0 Å². The predicted molar refractivity (Wildman–Crippen MR) is 30.1 cm³/mol. The molecule has 0 unspecified atom stereocenters. The Balaban J connectivity index is 0. The van der Waals surface area contributed by atoms with E-state index in [1.165, 1.54) is 8.58 Å². The Bertz CT molecular complexity index is 3.61. The lowest BCUT2D eigenvalue weighted by Gasteiger charge is -1.48. The van der Waals surface area contributed by atoms with Crippen LogP contribution in [0.15, 0.2) is 0 Å². The van der Waals surface area contributed by atoms with Crippen molar-refractivity contribution >= 4 is 8.58 Å². The molecule has 1 heteroatoms. The van der Waals surface area contributed by atoms with Crippen LogP contribution in [0.1, 0.15) is 13.8 Å². The molecule has 0 bridgehead atoms. The molecule has 0 saturated heterocycles. The summed E-state index contributed by atoms with van der Waals surface area (Å²) in [6.45, 7) is 8.19. The SMILES string of the molecule is CC.C[P]C. The smallest absolute Gasteiger partial charge is 0.0408 e. The van der Waals surface area contributed by atoms with Gasteiger partial charge in [0.15, 0.2) is 0 Å². The van der Waals surface area contributed by atoms with Crippen LogP contribution in [0.25, 0.3) is 0 Å². The van der Waals surface area contributed by atoms with Crippen molar-refractivity contribution < 1.29 is 0 Å². The van der Waals surface area contributed by atoms with Gasteiger partial charge in [-0.15, -0.1) is 0 Å². The van der Waals surface area contributed by atoms with Crippen LogP contribution in [0.5, 0.6) is 0 Å². The largest absolute Gasteiger partial charge is 0.0879 e. The number of hydrogen-bond donors (Lipinski definition) is 0. The molecule has 0 nitrogen and oxygen atoms in total. The maximum Gasteiger partial charge on any atom is -0.0408 e. The fraction of sp³-hybridized carbons (Fsp3) is 1.00. The fourth-order valence-corrected chi connectivity index (χ4v) is 0. The second-order valence-electron chi connectivity index (χ2n) is 0.447. The number of rotatable bonds is 0. The highest BCUT2D eigenvalue weighted by atomic mass is 31.1. The maximum atomic E-state index is 2.10. The van der Waals surface area contributed by atoms with Crippen molar-refractivity contribution in [2.45, 2.75) is 13.8 Å². The molecule has 5 heavy (non-hydrogen) atoms. The van der Waals surface area contributed by atoms with Crippen molar-refractivity contribution in [1.82, 2.24) is 0 Å².